The number of hydrogen-bond donors (Lipinski definition) is 2. The summed E-state index contributed by atoms with van der Waals surface area (Å²) >= 11 is 1.93. The van der Waals surface area contributed by atoms with Crippen LogP contribution in [0.3, 0.4) is 0 Å². The molecule has 7 heteroatoms. The number of rotatable bonds is 1. The molecule has 0 atom stereocenters. The zero-order chi connectivity index (χ0) is 13.4. The first-order valence-electron chi connectivity index (χ1n) is 5.56. The third kappa shape index (κ3) is 2.09. The number of nitrogens with one attached hydrogen (secondary N) is 2. The number of hydrogen-bond acceptors (Lipinski definition) is 4. The Morgan fingerprint density at radius 1 is 1.26 bits per heavy atom. The van der Waals surface area contributed by atoms with Gasteiger partial charge in [0.1, 0.15) is 10.1 Å². The largest absolute Gasteiger partial charge is 0.323 e. The van der Waals surface area contributed by atoms with Crippen LogP contribution in [0.2, 0.25) is 0 Å². The van der Waals surface area contributed by atoms with Crippen molar-refractivity contribution in [1.29, 1.82) is 0 Å². The van der Waals surface area contributed by atoms with Crippen LogP contribution < -0.4 is 15.8 Å². The van der Waals surface area contributed by atoms with Gasteiger partial charge in [-0.1, -0.05) is 12.1 Å². The van der Waals surface area contributed by atoms with E-state index >= 15 is 0 Å². The fourth-order valence-corrected chi connectivity index (χ4v) is 2.57. The predicted octanol–water partition coefficient (Wildman–Crippen LogP) is 1.46. The van der Waals surface area contributed by atoms with Crippen molar-refractivity contribution in [1.82, 2.24) is 9.97 Å². The van der Waals surface area contributed by atoms with Gasteiger partial charge in [0, 0.05) is 0 Å². The Balaban J connectivity index is 2.18. The van der Waals surface area contributed by atoms with Crippen LogP contribution in [0.15, 0.2) is 35.4 Å². The zero-order valence-corrected chi connectivity index (χ0v) is 11.8. The number of benzene rings is 1. The van der Waals surface area contributed by atoms with E-state index in [4.69, 9.17) is 0 Å². The first-order chi connectivity index (χ1) is 9.16. The van der Waals surface area contributed by atoms with Gasteiger partial charge in [0.15, 0.2) is 5.82 Å². The van der Waals surface area contributed by atoms with Gasteiger partial charge in [0.25, 0.3) is 5.56 Å². The number of carbonyl (C=O) groups excluding carboxylic acids is 1. The summed E-state index contributed by atoms with van der Waals surface area (Å²) in [6.07, 6.45) is 1.34. The second-order valence-corrected chi connectivity index (χ2v) is 5.10. The molecule has 0 bridgehead atoms. The lowest BCUT2D eigenvalue weighted by Gasteiger charge is -2.30. The molecule has 19 heavy (non-hydrogen) atoms. The van der Waals surface area contributed by atoms with Crippen LogP contribution in [0, 0.1) is 3.57 Å². The van der Waals surface area contributed by atoms with Crippen LogP contribution in [0.5, 0.6) is 0 Å². The summed E-state index contributed by atoms with van der Waals surface area (Å²) in [6.45, 7) is 0.142. The number of fused-ring (bicyclic) bond motifs is 1. The van der Waals surface area contributed by atoms with Crippen molar-refractivity contribution in [3.8, 4) is 0 Å². The maximum Gasteiger partial charge on any atom is 0.266 e. The van der Waals surface area contributed by atoms with Crippen molar-refractivity contribution in [3.63, 3.8) is 0 Å². The Kier molecular flexibility index (Phi) is 2.97. The lowest BCUT2D eigenvalue weighted by atomic mass is 10.2. The summed E-state index contributed by atoms with van der Waals surface area (Å²) in [7, 11) is 0. The Bertz CT molecular complexity index is 713. The summed E-state index contributed by atoms with van der Waals surface area (Å²) in [5, 5.41) is 2.80. The van der Waals surface area contributed by atoms with E-state index in [9.17, 15) is 9.59 Å². The third-order valence-corrected chi connectivity index (χ3v) is 3.78. The average molecular weight is 368 g/mol. The van der Waals surface area contributed by atoms with Gasteiger partial charge in [0.2, 0.25) is 5.91 Å². The first kappa shape index (κ1) is 12.2. The summed E-state index contributed by atoms with van der Waals surface area (Å²) < 4.78 is 0.463. The number of aromatic nitrogens is 2. The number of nitrogens with zero attached hydrogens (tertiary/aromatic N) is 2. The molecule has 0 saturated carbocycles. The standard InChI is InChI=1S/C12H9IN4O2/c13-10-11(14-6-15-12(10)19)17-5-9(18)16-7-3-1-2-4-8(7)17/h1-4,6H,5H2,(H,16,18)(H,14,15,19). The third-order valence-electron chi connectivity index (χ3n) is 2.80. The highest BCUT2D eigenvalue weighted by Crippen LogP contribution is 2.34. The highest BCUT2D eigenvalue weighted by Gasteiger charge is 2.25. The quantitative estimate of drug-likeness (QED) is 0.748. The lowest BCUT2D eigenvalue weighted by Crippen LogP contribution is -2.36. The van der Waals surface area contributed by atoms with Crippen LogP contribution in [0.1, 0.15) is 0 Å². The minimum atomic E-state index is -0.214. The van der Waals surface area contributed by atoms with E-state index in [2.05, 4.69) is 15.3 Å². The normalized spacial score (nSPS) is 13.9. The number of amides is 1. The Hall–Kier alpha value is -1.90. The first-order valence-corrected chi connectivity index (χ1v) is 6.64. The molecule has 0 saturated heterocycles. The van der Waals surface area contributed by atoms with Crippen LogP contribution in [-0.4, -0.2) is 22.4 Å². The molecule has 1 aromatic carbocycles. The van der Waals surface area contributed by atoms with E-state index in [1.165, 1.54) is 6.33 Å². The summed E-state index contributed by atoms with van der Waals surface area (Å²) in [6, 6.07) is 7.43. The average Bonchev–Trinajstić information content (AvgIpc) is 2.41. The van der Waals surface area contributed by atoms with E-state index in [-0.39, 0.29) is 18.0 Å². The number of carbonyl (C=O) groups is 1. The molecular weight excluding hydrogens is 359 g/mol. The maximum atomic E-state index is 11.7. The number of H-pyrrole nitrogens is 1. The number of anilines is 3. The minimum Gasteiger partial charge on any atom is -0.323 e. The molecule has 0 spiro atoms. The zero-order valence-electron chi connectivity index (χ0n) is 9.68. The van der Waals surface area contributed by atoms with Gasteiger partial charge in [-0.15, -0.1) is 0 Å². The lowest BCUT2D eigenvalue weighted by molar-refractivity contribution is -0.115. The number of aromatic amines is 1. The molecule has 1 amide bonds. The van der Waals surface area contributed by atoms with Crippen LogP contribution >= 0.6 is 22.6 Å². The molecule has 0 aliphatic carbocycles. The Morgan fingerprint density at radius 3 is 2.89 bits per heavy atom. The van der Waals surface area contributed by atoms with Crippen LogP contribution in [0.25, 0.3) is 0 Å². The number of para-hydroxylation sites is 2. The highest BCUT2D eigenvalue weighted by atomic mass is 127. The Morgan fingerprint density at radius 2 is 2.05 bits per heavy atom. The molecule has 2 heterocycles. The fourth-order valence-electron chi connectivity index (χ4n) is 1.98. The van der Waals surface area contributed by atoms with Crippen molar-refractivity contribution in [2.45, 2.75) is 0 Å². The molecule has 0 unspecified atom stereocenters. The van der Waals surface area contributed by atoms with Crippen LogP contribution in [0.4, 0.5) is 17.2 Å². The molecule has 3 rings (SSSR count). The van der Waals surface area contributed by atoms with Gasteiger partial charge in [0.05, 0.1) is 17.7 Å². The molecule has 6 nitrogen and oxygen atoms in total. The van der Waals surface area contributed by atoms with E-state index < -0.39 is 0 Å². The van der Waals surface area contributed by atoms with Gasteiger partial charge < -0.3 is 15.2 Å². The monoisotopic (exact) mass is 368 g/mol. The SMILES string of the molecule is O=C1CN(c2nc[nH]c(=O)c2I)c2ccccc2N1. The topological polar surface area (TPSA) is 78.1 Å². The van der Waals surface area contributed by atoms with Crippen molar-refractivity contribution >= 4 is 45.7 Å². The summed E-state index contributed by atoms with van der Waals surface area (Å²) in [5.41, 5.74) is 1.34. The molecule has 0 fully saturated rings. The van der Waals surface area contributed by atoms with Crippen LogP contribution in [-0.2, 0) is 4.79 Å². The molecule has 0 radical (unpaired) electrons. The van der Waals surface area contributed by atoms with Gasteiger partial charge in [-0.2, -0.15) is 0 Å². The van der Waals surface area contributed by atoms with E-state index in [1.807, 2.05) is 46.9 Å². The Labute approximate surface area is 122 Å². The smallest absolute Gasteiger partial charge is 0.266 e. The second-order valence-electron chi connectivity index (χ2n) is 4.02. The molecule has 1 aliphatic rings. The highest BCUT2D eigenvalue weighted by molar-refractivity contribution is 14.1. The summed E-state index contributed by atoms with van der Waals surface area (Å²) in [5.74, 6) is 0.364. The van der Waals surface area contributed by atoms with E-state index in [0.717, 1.165) is 11.4 Å². The van der Waals surface area contributed by atoms with Crippen molar-refractivity contribution in [2.24, 2.45) is 0 Å². The fraction of sp³-hybridized carbons (Fsp3) is 0.0833. The molecule has 2 aromatic rings. The molecule has 2 N–H and O–H groups in total. The van der Waals surface area contributed by atoms with Gasteiger partial charge in [-0.3, -0.25) is 9.59 Å². The van der Waals surface area contributed by atoms with Crippen molar-refractivity contribution < 1.29 is 4.79 Å². The molecule has 1 aliphatic heterocycles. The van der Waals surface area contributed by atoms with Gasteiger partial charge in [-0.05, 0) is 34.7 Å². The minimum absolute atomic E-state index is 0.128. The van der Waals surface area contributed by atoms with Gasteiger partial charge in [-0.25, -0.2) is 4.98 Å². The van der Waals surface area contributed by atoms with Gasteiger partial charge >= 0.3 is 0 Å². The molecular formula is C12H9IN4O2. The predicted molar refractivity (Wildman–Crippen MR) is 79.7 cm³/mol. The van der Waals surface area contributed by atoms with Crippen molar-refractivity contribution in [2.75, 3.05) is 16.8 Å². The summed E-state index contributed by atoms with van der Waals surface area (Å²) in [4.78, 5) is 31.8. The van der Waals surface area contributed by atoms with E-state index in [0.29, 0.717) is 9.39 Å². The van der Waals surface area contributed by atoms with Crippen molar-refractivity contribution in [3.05, 3.63) is 44.5 Å². The number of halogens is 1. The van der Waals surface area contributed by atoms with E-state index in [1.54, 1.807) is 4.90 Å². The molecule has 96 valence electrons. The second kappa shape index (κ2) is 4.65. The maximum absolute atomic E-state index is 11.7. The molecule has 1 aromatic heterocycles.